The van der Waals surface area contributed by atoms with E-state index in [-0.39, 0.29) is 10.8 Å². The van der Waals surface area contributed by atoms with Crippen LogP contribution in [-0.2, 0) is 16.4 Å². The molecule has 0 atom stereocenters. The predicted octanol–water partition coefficient (Wildman–Crippen LogP) is 5.17. The molecule has 29 heavy (non-hydrogen) atoms. The zero-order valence-electron chi connectivity index (χ0n) is 17.2. The lowest BCUT2D eigenvalue weighted by Gasteiger charge is -2.15. The topological polar surface area (TPSA) is 71.2 Å². The normalized spacial score (nSPS) is 12.1. The molecule has 7 heteroatoms. The molecule has 2 aromatic carbocycles. The van der Waals surface area contributed by atoms with Crippen molar-refractivity contribution in [3.63, 3.8) is 0 Å². The average molecular weight is 435 g/mol. The molecule has 3 rings (SSSR count). The Labute approximate surface area is 177 Å². The molecule has 0 aliphatic rings. The van der Waals surface area contributed by atoms with Crippen LogP contribution in [0.25, 0.3) is 10.9 Å². The van der Waals surface area contributed by atoms with Crippen LogP contribution in [0, 0.1) is 6.92 Å². The van der Waals surface area contributed by atoms with Crippen LogP contribution in [0.3, 0.4) is 0 Å². The summed E-state index contributed by atoms with van der Waals surface area (Å²) in [6.45, 7) is 8.77. The summed E-state index contributed by atoms with van der Waals surface area (Å²) < 4.78 is 34.0. The van der Waals surface area contributed by atoms with Gasteiger partial charge in [0.1, 0.15) is 5.75 Å². The SMILES string of the molecule is CCOc1ccc(S(=O)(=O)NCCc2c(C)[nH]c3c(Cl)cccc23)cc1C(C)C. The Hall–Kier alpha value is -2.02. The molecule has 0 spiro atoms. The number of nitrogens with one attached hydrogen (secondary N) is 2. The molecule has 156 valence electrons. The highest BCUT2D eigenvalue weighted by molar-refractivity contribution is 7.89. The van der Waals surface area contributed by atoms with Crippen molar-refractivity contribution < 1.29 is 13.2 Å². The lowest BCUT2D eigenvalue weighted by Crippen LogP contribution is -2.26. The van der Waals surface area contributed by atoms with Crippen molar-refractivity contribution in [1.82, 2.24) is 9.71 Å². The molecule has 2 N–H and O–H groups in total. The van der Waals surface area contributed by atoms with Gasteiger partial charge in [0, 0.05) is 17.6 Å². The molecule has 0 aliphatic carbocycles. The van der Waals surface area contributed by atoms with Crippen molar-refractivity contribution >= 4 is 32.5 Å². The van der Waals surface area contributed by atoms with E-state index < -0.39 is 10.0 Å². The number of H-pyrrole nitrogens is 1. The van der Waals surface area contributed by atoms with E-state index in [0.29, 0.717) is 24.6 Å². The van der Waals surface area contributed by atoms with E-state index in [1.54, 1.807) is 18.2 Å². The summed E-state index contributed by atoms with van der Waals surface area (Å²) in [6, 6.07) is 10.8. The Morgan fingerprint density at radius 3 is 2.66 bits per heavy atom. The van der Waals surface area contributed by atoms with Gasteiger partial charge >= 0.3 is 0 Å². The number of halogens is 1. The van der Waals surface area contributed by atoms with E-state index in [9.17, 15) is 8.42 Å². The van der Waals surface area contributed by atoms with Gasteiger partial charge < -0.3 is 9.72 Å². The smallest absolute Gasteiger partial charge is 0.240 e. The van der Waals surface area contributed by atoms with Crippen LogP contribution in [-0.4, -0.2) is 26.6 Å². The van der Waals surface area contributed by atoms with Crippen molar-refractivity contribution in [1.29, 1.82) is 0 Å². The van der Waals surface area contributed by atoms with Gasteiger partial charge in [-0.1, -0.05) is 37.6 Å². The first-order valence-electron chi connectivity index (χ1n) is 9.76. The van der Waals surface area contributed by atoms with Crippen LogP contribution in [0.1, 0.15) is 43.5 Å². The van der Waals surface area contributed by atoms with Gasteiger partial charge in [0.25, 0.3) is 0 Å². The monoisotopic (exact) mass is 434 g/mol. The van der Waals surface area contributed by atoms with E-state index in [2.05, 4.69) is 9.71 Å². The van der Waals surface area contributed by atoms with Gasteiger partial charge in [-0.05, 0) is 61.6 Å². The van der Waals surface area contributed by atoms with E-state index in [0.717, 1.165) is 33.5 Å². The highest BCUT2D eigenvalue weighted by Gasteiger charge is 2.18. The number of sulfonamides is 1. The van der Waals surface area contributed by atoms with Gasteiger partial charge in [0.2, 0.25) is 10.0 Å². The van der Waals surface area contributed by atoms with Gasteiger partial charge in [0.15, 0.2) is 0 Å². The highest BCUT2D eigenvalue weighted by atomic mass is 35.5. The first-order valence-corrected chi connectivity index (χ1v) is 11.6. The molecule has 0 saturated heterocycles. The van der Waals surface area contributed by atoms with Gasteiger partial charge in [-0.15, -0.1) is 0 Å². The zero-order valence-corrected chi connectivity index (χ0v) is 18.7. The predicted molar refractivity (Wildman–Crippen MR) is 119 cm³/mol. The summed E-state index contributed by atoms with van der Waals surface area (Å²) in [5.41, 5.74) is 3.84. The summed E-state index contributed by atoms with van der Waals surface area (Å²) in [6.07, 6.45) is 0.569. The number of hydrogen-bond donors (Lipinski definition) is 2. The molecular formula is C22H27ClN2O3S. The maximum absolute atomic E-state index is 12.8. The van der Waals surface area contributed by atoms with E-state index in [1.165, 1.54) is 0 Å². The standard InChI is InChI=1S/C22H27ClN2O3S/c1-5-28-21-10-9-16(13-19(21)14(2)3)29(26,27)24-12-11-17-15(4)25-22-18(17)7-6-8-20(22)23/h6-10,13-14,24-25H,5,11-12H2,1-4H3. The molecule has 0 unspecified atom stereocenters. The number of para-hydroxylation sites is 1. The average Bonchev–Trinajstić information content (AvgIpc) is 2.99. The van der Waals surface area contributed by atoms with Crippen LogP contribution in [0.5, 0.6) is 5.75 Å². The Bertz CT molecular complexity index is 1120. The lowest BCUT2D eigenvalue weighted by atomic mass is 10.0. The summed E-state index contributed by atoms with van der Waals surface area (Å²) >= 11 is 6.25. The molecular weight excluding hydrogens is 408 g/mol. The fraction of sp³-hybridized carbons (Fsp3) is 0.364. The fourth-order valence-electron chi connectivity index (χ4n) is 3.52. The summed E-state index contributed by atoms with van der Waals surface area (Å²) in [5, 5.41) is 1.69. The van der Waals surface area contributed by atoms with E-state index in [4.69, 9.17) is 16.3 Å². The molecule has 3 aromatic rings. The number of rotatable bonds is 8. The highest BCUT2D eigenvalue weighted by Crippen LogP contribution is 2.30. The summed E-state index contributed by atoms with van der Waals surface area (Å²) in [4.78, 5) is 3.54. The molecule has 0 saturated carbocycles. The Kier molecular flexibility index (Phi) is 6.56. The van der Waals surface area contributed by atoms with Crippen LogP contribution in [0.4, 0.5) is 0 Å². The Morgan fingerprint density at radius 2 is 1.97 bits per heavy atom. The molecule has 0 fully saturated rings. The van der Waals surface area contributed by atoms with Crippen molar-refractivity contribution in [2.24, 2.45) is 0 Å². The molecule has 5 nitrogen and oxygen atoms in total. The van der Waals surface area contributed by atoms with Gasteiger partial charge in [-0.3, -0.25) is 0 Å². The number of benzene rings is 2. The molecule has 1 heterocycles. The third kappa shape index (κ3) is 4.60. The minimum atomic E-state index is -3.62. The first kappa shape index (κ1) is 21.7. The number of aryl methyl sites for hydroxylation is 1. The third-order valence-corrected chi connectivity index (χ3v) is 6.76. The van der Waals surface area contributed by atoms with Crippen molar-refractivity contribution in [3.8, 4) is 5.75 Å². The number of fused-ring (bicyclic) bond motifs is 1. The van der Waals surface area contributed by atoms with Crippen LogP contribution in [0.2, 0.25) is 5.02 Å². The van der Waals surface area contributed by atoms with Crippen LogP contribution < -0.4 is 9.46 Å². The van der Waals surface area contributed by atoms with Crippen LogP contribution in [0.15, 0.2) is 41.3 Å². The second kappa shape index (κ2) is 8.78. The van der Waals surface area contributed by atoms with E-state index >= 15 is 0 Å². The number of ether oxygens (including phenoxy) is 1. The van der Waals surface area contributed by atoms with Gasteiger partial charge in [-0.25, -0.2) is 13.1 Å². The zero-order chi connectivity index (χ0) is 21.2. The molecule has 0 bridgehead atoms. The number of aromatic amines is 1. The second-order valence-electron chi connectivity index (χ2n) is 7.33. The van der Waals surface area contributed by atoms with Gasteiger partial charge in [0.05, 0.1) is 22.0 Å². The Morgan fingerprint density at radius 1 is 1.21 bits per heavy atom. The minimum absolute atomic E-state index is 0.158. The number of aromatic nitrogens is 1. The van der Waals surface area contributed by atoms with Crippen molar-refractivity contribution in [2.45, 2.75) is 44.9 Å². The largest absolute Gasteiger partial charge is 0.494 e. The Balaban J connectivity index is 1.78. The second-order valence-corrected chi connectivity index (χ2v) is 9.50. The maximum atomic E-state index is 12.8. The molecule has 0 radical (unpaired) electrons. The molecule has 1 aromatic heterocycles. The minimum Gasteiger partial charge on any atom is -0.494 e. The summed E-state index contributed by atoms with van der Waals surface area (Å²) in [5.74, 6) is 0.887. The lowest BCUT2D eigenvalue weighted by molar-refractivity contribution is 0.335. The van der Waals surface area contributed by atoms with E-state index in [1.807, 2.05) is 45.9 Å². The quantitative estimate of drug-likeness (QED) is 0.513. The van der Waals surface area contributed by atoms with Crippen molar-refractivity contribution in [2.75, 3.05) is 13.2 Å². The third-order valence-electron chi connectivity index (χ3n) is 4.98. The molecule has 0 aliphatic heterocycles. The fourth-order valence-corrected chi connectivity index (χ4v) is 4.80. The van der Waals surface area contributed by atoms with Crippen molar-refractivity contribution in [3.05, 3.63) is 58.2 Å². The first-order chi connectivity index (χ1) is 13.7. The summed E-state index contributed by atoms with van der Waals surface area (Å²) in [7, 11) is -3.62. The van der Waals surface area contributed by atoms with Gasteiger partial charge in [-0.2, -0.15) is 0 Å². The molecule has 0 amide bonds. The number of hydrogen-bond acceptors (Lipinski definition) is 3. The maximum Gasteiger partial charge on any atom is 0.240 e. The van der Waals surface area contributed by atoms with Crippen LogP contribution >= 0.6 is 11.6 Å².